The molecular weight excluding hydrogens is 318 g/mol. The summed E-state index contributed by atoms with van der Waals surface area (Å²) in [5.74, 6) is 0.544. The SMILES string of the molecule is CCNc1nc(N)nc2c1ncn2[C@H]1C[C@H](O)[C@](CO)(N=[N+]=[N-])O1. The van der Waals surface area contributed by atoms with Gasteiger partial charge in [-0.3, -0.25) is 4.57 Å². The molecular formula is C12H17N9O3. The van der Waals surface area contributed by atoms with Crippen LogP contribution in [0.1, 0.15) is 19.6 Å². The first-order valence-corrected chi connectivity index (χ1v) is 7.31. The zero-order chi connectivity index (χ0) is 17.3. The molecule has 1 aliphatic heterocycles. The number of azide groups is 1. The molecule has 12 heteroatoms. The van der Waals surface area contributed by atoms with Crippen molar-refractivity contribution in [2.24, 2.45) is 5.11 Å². The third-order valence-electron chi connectivity index (χ3n) is 3.82. The molecule has 2 aromatic heterocycles. The molecule has 0 amide bonds. The molecule has 2 aromatic rings. The molecule has 0 unspecified atom stereocenters. The molecule has 1 aliphatic rings. The summed E-state index contributed by atoms with van der Waals surface area (Å²) in [5, 5.41) is 26.1. The Kier molecular flexibility index (Phi) is 4.11. The molecule has 128 valence electrons. The minimum atomic E-state index is -1.74. The number of nitrogen functional groups attached to an aromatic ring is 1. The average Bonchev–Trinajstić information content (AvgIpc) is 3.10. The van der Waals surface area contributed by atoms with Crippen LogP contribution in [0.5, 0.6) is 0 Å². The molecule has 0 aliphatic carbocycles. The van der Waals surface area contributed by atoms with E-state index in [4.69, 9.17) is 16.0 Å². The number of ether oxygens (including phenoxy) is 1. The van der Waals surface area contributed by atoms with E-state index in [1.807, 2.05) is 6.92 Å². The van der Waals surface area contributed by atoms with Gasteiger partial charge in [-0.25, -0.2) is 4.98 Å². The Hall–Kier alpha value is -2.66. The first-order chi connectivity index (χ1) is 11.5. The minimum absolute atomic E-state index is 0.0576. The van der Waals surface area contributed by atoms with Crippen LogP contribution in [-0.2, 0) is 4.74 Å². The van der Waals surface area contributed by atoms with E-state index >= 15 is 0 Å². The van der Waals surface area contributed by atoms with E-state index in [2.05, 4.69) is 30.3 Å². The maximum atomic E-state index is 10.2. The van der Waals surface area contributed by atoms with Gasteiger partial charge in [0.25, 0.3) is 0 Å². The van der Waals surface area contributed by atoms with Crippen LogP contribution in [0, 0.1) is 0 Å². The number of aliphatic hydroxyl groups is 2. The third kappa shape index (κ3) is 2.47. The fourth-order valence-electron chi connectivity index (χ4n) is 2.68. The van der Waals surface area contributed by atoms with Crippen molar-refractivity contribution >= 4 is 22.9 Å². The Bertz CT molecular complexity index is 802. The highest BCUT2D eigenvalue weighted by molar-refractivity contribution is 5.84. The van der Waals surface area contributed by atoms with Gasteiger partial charge in [0.05, 0.1) is 19.0 Å². The second-order valence-electron chi connectivity index (χ2n) is 5.30. The van der Waals surface area contributed by atoms with Crippen molar-refractivity contribution in [1.29, 1.82) is 0 Å². The maximum Gasteiger partial charge on any atom is 0.224 e. The zero-order valence-corrected chi connectivity index (χ0v) is 12.9. The summed E-state index contributed by atoms with van der Waals surface area (Å²) in [4.78, 5) is 15.2. The lowest BCUT2D eigenvalue weighted by Gasteiger charge is -2.24. The van der Waals surface area contributed by atoms with E-state index < -0.39 is 24.7 Å². The number of rotatable bonds is 5. The molecule has 3 rings (SSSR count). The van der Waals surface area contributed by atoms with Crippen molar-refractivity contribution in [2.75, 3.05) is 24.2 Å². The number of nitrogens with zero attached hydrogens (tertiary/aromatic N) is 7. The molecule has 0 aromatic carbocycles. The monoisotopic (exact) mass is 335 g/mol. The number of aromatic nitrogens is 4. The number of aliphatic hydroxyl groups excluding tert-OH is 2. The fourth-order valence-corrected chi connectivity index (χ4v) is 2.68. The Morgan fingerprint density at radius 2 is 2.42 bits per heavy atom. The molecule has 3 heterocycles. The second-order valence-corrected chi connectivity index (χ2v) is 5.30. The number of hydrogen-bond donors (Lipinski definition) is 4. The number of nitrogens with two attached hydrogens (primary N) is 1. The van der Waals surface area contributed by atoms with E-state index in [-0.39, 0.29) is 12.4 Å². The van der Waals surface area contributed by atoms with Crippen LogP contribution in [0.15, 0.2) is 11.4 Å². The summed E-state index contributed by atoms with van der Waals surface area (Å²) < 4.78 is 7.18. The highest BCUT2D eigenvalue weighted by atomic mass is 16.6. The number of nitrogens with one attached hydrogen (secondary N) is 1. The standard InChI is InChI=1S/C12H17N9O3/c1-2-15-9-8-10(18-11(13)17-9)21(5-16-8)7-3-6(23)12(4-22,24-7)19-20-14/h5-7,22-23H,2-4H2,1H3,(H3,13,15,17,18)/t6-,7+,12+/m0/s1. The van der Waals surface area contributed by atoms with Crippen molar-refractivity contribution in [1.82, 2.24) is 19.5 Å². The van der Waals surface area contributed by atoms with Gasteiger partial charge in [0.2, 0.25) is 5.95 Å². The molecule has 12 nitrogen and oxygen atoms in total. The number of anilines is 2. The third-order valence-corrected chi connectivity index (χ3v) is 3.82. The van der Waals surface area contributed by atoms with Gasteiger partial charge in [0.1, 0.15) is 6.23 Å². The van der Waals surface area contributed by atoms with Crippen molar-refractivity contribution in [3.63, 3.8) is 0 Å². The number of hydrogen-bond acceptors (Lipinski definition) is 9. The number of imidazole rings is 1. The van der Waals surface area contributed by atoms with Crippen LogP contribution in [0.4, 0.5) is 11.8 Å². The first kappa shape index (κ1) is 16.2. The highest BCUT2D eigenvalue weighted by Crippen LogP contribution is 2.39. The van der Waals surface area contributed by atoms with Gasteiger partial charge in [-0.1, -0.05) is 5.11 Å². The normalized spacial score (nSPS) is 26.5. The topological polar surface area (TPSA) is 180 Å². The summed E-state index contributed by atoms with van der Waals surface area (Å²) in [6.45, 7) is 1.88. The van der Waals surface area contributed by atoms with Crippen LogP contribution >= 0.6 is 0 Å². The van der Waals surface area contributed by atoms with Crippen molar-refractivity contribution in [2.45, 2.75) is 31.4 Å². The first-order valence-electron chi connectivity index (χ1n) is 7.31. The lowest BCUT2D eigenvalue weighted by atomic mass is 10.1. The maximum absolute atomic E-state index is 10.2. The largest absolute Gasteiger partial charge is 0.393 e. The molecule has 5 N–H and O–H groups in total. The summed E-state index contributed by atoms with van der Waals surface area (Å²) in [6, 6.07) is 0. The predicted molar refractivity (Wildman–Crippen MR) is 83.6 cm³/mol. The molecule has 0 bridgehead atoms. The Labute approximate surface area is 135 Å². The van der Waals surface area contributed by atoms with Crippen LogP contribution in [0.3, 0.4) is 0 Å². The van der Waals surface area contributed by atoms with Crippen LogP contribution in [0.25, 0.3) is 21.6 Å². The van der Waals surface area contributed by atoms with Gasteiger partial charge < -0.3 is 26.0 Å². The number of fused-ring (bicyclic) bond motifs is 1. The van der Waals surface area contributed by atoms with Gasteiger partial charge in [-0.2, -0.15) is 9.97 Å². The summed E-state index contributed by atoms with van der Waals surface area (Å²) in [6.07, 6.45) is -0.342. The molecule has 0 saturated carbocycles. The molecule has 24 heavy (non-hydrogen) atoms. The lowest BCUT2D eigenvalue weighted by Crippen LogP contribution is -2.40. The van der Waals surface area contributed by atoms with Crippen LogP contribution in [0.2, 0.25) is 0 Å². The van der Waals surface area contributed by atoms with E-state index in [9.17, 15) is 10.2 Å². The Morgan fingerprint density at radius 3 is 3.08 bits per heavy atom. The molecule has 0 spiro atoms. The smallest absolute Gasteiger partial charge is 0.224 e. The quantitative estimate of drug-likeness (QED) is 0.337. The van der Waals surface area contributed by atoms with E-state index in [1.54, 1.807) is 4.57 Å². The fraction of sp³-hybridized carbons (Fsp3) is 0.583. The molecule has 1 fully saturated rings. The van der Waals surface area contributed by atoms with Crippen molar-refractivity contribution in [3.8, 4) is 0 Å². The van der Waals surface area contributed by atoms with Gasteiger partial charge in [0, 0.05) is 17.9 Å². The highest BCUT2D eigenvalue weighted by Gasteiger charge is 2.48. The van der Waals surface area contributed by atoms with Gasteiger partial charge in [-0.15, -0.1) is 0 Å². The molecule has 0 radical (unpaired) electrons. The van der Waals surface area contributed by atoms with Gasteiger partial charge in [0.15, 0.2) is 22.7 Å². The van der Waals surface area contributed by atoms with E-state index in [0.717, 1.165) is 0 Å². The molecule has 1 saturated heterocycles. The van der Waals surface area contributed by atoms with Crippen molar-refractivity contribution in [3.05, 3.63) is 16.8 Å². The lowest BCUT2D eigenvalue weighted by molar-refractivity contribution is -0.122. The second kappa shape index (κ2) is 6.09. The minimum Gasteiger partial charge on any atom is -0.393 e. The van der Waals surface area contributed by atoms with E-state index in [0.29, 0.717) is 23.5 Å². The Balaban J connectivity index is 2.03. The van der Waals surface area contributed by atoms with Gasteiger partial charge >= 0.3 is 0 Å². The summed E-state index contributed by atoms with van der Waals surface area (Å²) in [5.41, 5.74) is 13.6. The Morgan fingerprint density at radius 1 is 1.62 bits per heavy atom. The van der Waals surface area contributed by atoms with E-state index in [1.165, 1.54) is 6.33 Å². The zero-order valence-electron chi connectivity index (χ0n) is 12.9. The van der Waals surface area contributed by atoms with Crippen LogP contribution < -0.4 is 11.1 Å². The van der Waals surface area contributed by atoms with Crippen LogP contribution in [-0.4, -0.2) is 54.7 Å². The summed E-state index contributed by atoms with van der Waals surface area (Å²) >= 11 is 0. The van der Waals surface area contributed by atoms with Crippen molar-refractivity contribution < 1.29 is 14.9 Å². The van der Waals surface area contributed by atoms with Gasteiger partial charge in [-0.05, 0) is 12.5 Å². The summed E-state index contributed by atoms with van der Waals surface area (Å²) in [7, 11) is 0. The average molecular weight is 335 g/mol. The predicted octanol–water partition coefficient (Wildman–Crippen LogP) is 0.119. The molecule has 3 atom stereocenters.